The molecule has 6 nitrogen and oxygen atoms in total. The van der Waals surface area contributed by atoms with Gasteiger partial charge in [-0.1, -0.05) is 0 Å². The van der Waals surface area contributed by atoms with E-state index in [1.54, 1.807) is 16.4 Å². The molecule has 2 unspecified atom stereocenters. The minimum atomic E-state index is -4.58. The molecule has 2 N–H and O–H groups in total. The van der Waals surface area contributed by atoms with E-state index in [1.165, 1.54) is 30.5 Å². The average molecular weight is 508 g/mol. The predicted molar refractivity (Wildman–Crippen MR) is 121 cm³/mol. The maximum atomic E-state index is 13.2. The van der Waals surface area contributed by atoms with E-state index in [4.69, 9.17) is 0 Å². The van der Waals surface area contributed by atoms with E-state index < -0.39 is 40.3 Å². The van der Waals surface area contributed by atoms with E-state index in [0.29, 0.717) is 35.9 Å². The van der Waals surface area contributed by atoms with Crippen LogP contribution in [-0.4, -0.2) is 37.1 Å². The SMILES string of the molecule is O=C(NCc1ccnc(-c2ccc(C(F)(F)F)cc2O)c1)C1CCCN1S(=O)c1ccc(F)cc1. The zero-order chi connectivity index (χ0) is 25.2. The summed E-state index contributed by atoms with van der Waals surface area (Å²) in [5.74, 6) is -1.32. The molecule has 2 aromatic carbocycles. The Bertz CT molecular complexity index is 1250. The Balaban J connectivity index is 1.43. The Labute approximate surface area is 201 Å². The van der Waals surface area contributed by atoms with Gasteiger partial charge in [-0.25, -0.2) is 12.9 Å². The van der Waals surface area contributed by atoms with Gasteiger partial charge in [0.2, 0.25) is 5.91 Å². The number of amides is 1. The highest BCUT2D eigenvalue weighted by molar-refractivity contribution is 7.82. The van der Waals surface area contributed by atoms with E-state index in [1.807, 2.05) is 0 Å². The van der Waals surface area contributed by atoms with Crippen LogP contribution in [0.2, 0.25) is 0 Å². The number of rotatable bonds is 6. The molecule has 0 bridgehead atoms. The summed E-state index contributed by atoms with van der Waals surface area (Å²) < 4.78 is 66.2. The fraction of sp³-hybridized carbons (Fsp3) is 0.250. The second-order valence-electron chi connectivity index (χ2n) is 8.00. The number of hydrogen-bond donors (Lipinski definition) is 2. The summed E-state index contributed by atoms with van der Waals surface area (Å²) in [7, 11) is -1.62. The first-order valence-corrected chi connectivity index (χ1v) is 11.8. The van der Waals surface area contributed by atoms with Gasteiger partial charge in [-0.2, -0.15) is 13.2 Å². The minimum absolute atomic E-state index is 0.100. The van der Waals surface area contributed by atoms with Crippen LogP contribution in [0, 0.1) is 5.82 Å². The number of phenols is 1. The van der Waals surface area contributed by atoms with Gasteiger partial charge in [0, 0.05) is 24.8 Å². The summed E-state index contributed by atoms with van der Waals surface area (Å²) >= 11 is 0. The first-order valence-electron chi connectivity index (χ1n) is 10.7. The number of aromatic nitrogens is 1. The molecule has 184 valence electrons. The summed E-state index contributed by atoms with van der Waals surface area (Å²) in [5.41, 5.74) is 0.0267. The fourth-order valence-electron chi connectivity index (χ4n) is 3.85. The van der Waals surface area contributed by atoms with E-state index in [0.717, 1.165) is 12.1 Å². The first kappa shape index (κ1) is 24.8. The second kappa shape index (κ2) is 10.1. The molecule has 1 aromatic heterocycles. The Hall–Kier alpha value is -3.31. The average Bonchev–Trinajstić information content (AvgIpc) is 3.32. The third-order valence-corrected chi connectivity index (χ3v) is 7.17. The van der Waals surface area contributed by atoms with E-state index >= 15 is 0 Å². The summed E-state index contributed by atoms with van der Waals surface area (Å²) in [6, 6.07) is 10.5. The third kappa shape index (κ3) is 5.68. The van der Waals surface area contributed by atoms with Gasteiger partial charge in [-0.3, -0.25) is 9.78 Å². The zero-order valence-electron chi connectivity index (χ0n) is 18.3. The largest absolute Gasteiger partial charge is 0.507 e. The fourth-order valence-corrected chi connectivity index (χ4v) is 5.22. The molecular formula is C24H21F4N3O3S. The van der Waals surface area contributed by atoms with Crippen molar-refractivity contribution < 1.29 is 31.7 Å². The lowest BCUT2D eigenvalue weighted by Gasteiger charge is -2.22. The maximum absolute atomic E-state index is 13.2. The number of carbonyl (C=O) groups is 1. The van der Waals surface area contributed by atoms with Crippen molar-refractivity contribution in [2.75, 3.05) is 6.54 Å². The van der Waals surface area contributed by atoms with Crippen LogP contribution in [0.1, 0.15) is 24.0 Å². The molecule has 1 aliphatic rings. The van der Waals surface area contributed by atoms with Crippen molar-refractivity contribution in [3.05, 3.63) is 77.7 Å². The van der Waals surface area contributed by atoms with Crippen molar-refractivity contribution in [2.24, 2.45) is 0 Å². The van der Waals surface area contributed by atoms with Gasteiger partial charge < -0.3 is 10.4 Å². The van der Waals surface area contributed by atoms with E-state index in [-0.39, 0.29) is 23.7 Å². The molecule has 0 aliphatic carbocycles. The van der Waals surface area contributed by atoms with Crippen molar-refractivity contribution in [3.63, 3.8) is 0 Å². The topological polar surface area (TPSA) is 82.5 Å². The predicted octanol–water partition coefficient (Wildman–Crippen LogP) is 4.42. The lowest BCUT2D eigenvalue weighted by atomic mass is 10.0. The van der Waals surface area contributed by atoms with Gasteiger partial charge in [0.1, 0.15) is 28.6 Å². The molecule has 2 atom stereocenters. The van der Waals surface area contributed by atoms with Crippen LogP contribution in [0.5, 0.6) is 5.75 Å². The number of aromatic hydroxyl groups is 1. The van der Waals surface area contributed by atoms with Gasteiger partial charge in [-0.15, -0.1) is 0 Å². The van der Waals surface area contributed by atoms with Crippen molar-refractivity contribution in [2.45, 2.75) is 36.5 Å². The summed E-state index contributed by atoms with van der Waals surface area (Å²) in [6.07, 6.45) is -1.96. The number of halogens is 4. The molecule has 35 heavy (non-hydrogen) atoms. The highest BCUT2D eigenvalue weighted by Gasteiger charge is 2.35. The molecule has 0 spiro atoms. The Morgan fingerprint density at radius 2 is 1.89 bits per heavy atom. The van der Waals surface area contributed by atoms with Crippen LogP contribution in [0.4, 0.5) is 17.6 Å². The van der Waals surface area contributed by atoms with Gasteiger partial charge in [0.25, 0.3) is 0 Å². The van der Waals surface area contributed by atoms with Gasteiger partial charge >= 0.3 is 6.18 Å². The van der Waals surface area contributed by atoms with Crippen LogP contribution in [0.3, 0.4) is 0 Å². The van der Waals surface area contributed by atoms with Crippen LogP contribution in [0.15, 0.2) is 65.7 Å². The normalized spacial score (nSPS) is 17.3. The molecule has 1 saturated heterocycles. The van der Waals surface area contributed by atoms with E-state index in [9.17, 15) is 31.7 Å². The standard InChI is InChI=1S/C24H21F4N3O3S/c25-17-4-6-18(7-5-17)35(34)31-11-1-2-21(31)23(33)30-14-15-9-10-29-20(12-15)19-8-3-16(13-22(19)32)24(26,27)28/h3-10,12-13,21,32H,1-2,11,14H2,(H,30,33). The monoisotopic (exact) mass is 507 g/mol. The van der Waals surface area contributed by atoms with Gasteiger partial charge in [-0.05, 0) is 73.0 Å². The Kier molecular flexibility index (Phi) is 7.18. The molecule has 1 fully saturated rings. The van der Waals surface area contributed by atoms with Crippen molar-refractivity contribution in [1.29, 1.82) is 0 Å². The number of nitrogens with one attached hydrogen (secondary N) is 1. The number of benzene rings is 2. The number of pyridine rings is 1. The smallest absolute Gasteiger partial charge is 0.416 e. The lowest BCUT2D eigenvalue weighted by molar-refractivity contribution is -0.137. The molecule has 3 aromatic rings. The second-order valence-corrected chi connectivity index (χ2v) is 9.44. The number of carbonyl (C=O) groups excluding carboxylic acids is 1. The number of phenolic OH excluding ortho intramolecular Hbond substituents is 1. The highest BCUT2D eigenvalue weighted by atomic mass is 32.2. The molecule has 1 aliphatic heterocycles. The number of nitrogens with zero attached hydrogens (tertiary/aromatic N) is 2. The summed E-state index contributed by atoms with van der Waals surface area (Å²) in [6.45, 7) is 0.554. The molecule has 0 saturated carbocycles. The summed E-state index contributed by atoms with van der Waals surface area (Å²) in [4.78, 5) is 17.4. The quantitative estimate of drug-likeness (QED) is 0.484. The summed E-state index contributed by atoms with van der Waals surface area (Å²) in [5, 5.41) is 12.9. The Morgan fingerprint density at radius 1 is 1.14 bits per heavy atom. The lowest BCUT2D eigenvalue weighted by Crippen LogP contribution is -2.43. The molecule has 0 radical (unpaired) electrons. The molecule has 4 rings (SSSR count). The van der Waals surface area contributed by atoms with E-state index in [2.05, 4.69) is 10.3 Å². The Morgan fingerprint density at radius 3 is 2.57 bits per heavy atom. The van der Waals surface area contributed by atoms with Crippen LogP contribution in [-0.2, 0) is 28.5 Å². The number of hydrogen-bond acceptors (Lipinski definition) is 4. The van der Waals surface area contributed by atoms with Crippen molar-refractivity contribution >= 4 is 16.9 Å². The highest BCUT2D eigenvalue weighted by Crippen LogP contribution is 2.36. The van der Waals surface area contributed by atoms with Crippen LogP contribution < -0.4 is 5.32 Å². The molecule has 2 heterocycles. The van der Waals surface area contributed by atoms with Gasteiger partial charge in [0.15, 0.2) is 0 Å². The third-order valence-electron chi connectivity index (χ3n) is 5.63. The first-order chi connectivity index (χ1) is 16.6. The molecular weight excluding hydrogens is 486 g/mol. The zero-order valence-corrected chi connectivity index (χ0v) is 19.1. The van der Waals surface area contributed by atoms with Crippen LogP contribution in [0.25, 0.3) is 11.3 Å². The van der Waals surface area contributed by atoms with Gasteiger partial charge in [0.05, 0.1) is 16.2 Å². The minimum Gasteiger partial charge on any atom is -0.507 e. The molecule has 1 amide bonds. The van der Waals surface area contributed by atoms with Crippen LogP contribution >= 0.6 is 0 Å². The number of alkyl halides is 3. The van der Waals surface area contributed by atoms with Crippen molar-refractivity contribution in [3.8, 4) is 17.0 Å². The molecule has 11 heteroatoms. The van der Waals surface area contributed by atoms with Crippen molar-refractivity contribution in [1.82, 2.24) is 14.6 Å². The maximum Gasteiger partial charge on any atom is 0.416 e.